The lowest BCUT2D eigenvalue weighted by molar-refractivity contribution is 0.102. The molecule has 0 unspecified atom stereocenters. The molecule has 1 fully saturated rings. The van der Waals surface area contributed by atoms with Crippen LogP contribution in [0.15, 0.2) is 72.8 Å². The van der Waals surface area contributed by atoms with Gasteiger partial charge in [-0.15, -0.1) is 0 Å². The number of aromatic hydroxyl groups is 1. The number of likely N-dealkylation sites (tertiary alicyclic amines) is 1. The first kappa shape index (κ1) is 22.2. The van der Waals surface area contributed by atoms with Crippen molar-refractivity contribution in [1.29, 1.82) is 0 Å². The highest BCUT2D eigenvalue weighted by molar-refractivity contribution is 6.05. The summed E-state index contributed by atoms with van der Waals surface area (Å²) in [6, 6.07) is 21.3. The Balaban J connectivity index is 1.33. The zero-order chi connectivity index (χ0) is 23.0. The highest BCUT2D eigenvalue weighted by Gasteiger charge is 2.19. The van der Waals surface area contributed by atoms with Crippen LogP contribution in [0.2, 0.25) is 0 Å². The predicted molar refractivity (Wildman–Crippen MR) is 124 cm³/mol. The van der Waals surface area contributed by atoms with Crippen LogP contribution in [-0.4, -0.2) is 35.1 Å². The molecular formula is C26H26N2O5. The highest BCUT2D eigenvalue weighted by atomic mass is 16.6. The van der Waals surface area contributed by atoms with Crippen LogP contribution in [0.4, 0.5) is 10.5 Å². The van der Waals surface area contributed by atoms with Gasteiger partial charge in [0.1, 0.15) is 24.7 Å². The normalized spacial score (nSPS) is 12.9. The van der Waals surface area contributed by atoms with Crippen LogP contribution in [0.1, 0.15) is 34.3 Å². The Morgan fingerprint density at radius 1 is 0.879 bits per heavy atom. The maximum atomic E-state index is 12.7. The molecule has 1 saturated heterocycles. The van der Waals surface area contributed by atoms with E-state index >= 15 is 0 Å². The molecule has 33 heavy (non-hydrogen) atoms. The molecular weight excluding hydrogens is 420 g/mol. The topological polar surface area (TPSA) is 88.1 Å². The number of hydrogen-bond acceptors (Lipinski definition) is 5. The molecule has 1 aliphatic heterocycles. The number of nitrogens with one attached hydrogen (secondary N) is 1. The molecule has 170 valence electrons. The van der Waals surface area contributed by atoms with Crippen molar-refractivity contribution in [2.75, 3.05) is 18.4 Å². The molecule has 1 heterocycles. The van der Waals surface area contributed by atoms with Crippen LogP contribution < -0.4 is 10.1 Å². The number of ether oxygens (including phenoxy) is 2. The minimum atomic E-state index is -0.369. The van der Waals surface area contributed by atoms with Gasteiger partial charge in [0.25, 0.3) is 5.91 Å². The van der Waals surface area contributed by atoms with E-state index in [4.69, 9.17) is 9.47 Å². The zero-order valence-corrected chi connectivity index (χ0v) is 18.2. The van der Waals surface area contributed by atoms with E-state index < -0.39 is 0 Å². The van der Waals surface area contributed by atoms with Gasteiger partial charge in [0, 0.05) is 18.7 Å². The number of rotatable bonds is 7. The van der Waals surface area contributed by atoms with Gasteiger partial charge in [-0.1, -0.05) is 36.4 Å². The average Bonchev–Trinajstić information content (AvgIpc) is 3.39. The minimum absolute atomic E-state index is 0.0614. The van der Waals surface area contributed by atoms with Crippen molar-refractivity contribution in [2.45, 2.75) is 26.1 Å². The van der Waals surface area contributed by atoms with Crippen molar-refractivity contribution in [3.05, 3.63) is 89.5 Å². The lowest BCUT2D eigenvalue weighted by Crippen LogP contribution is -2.28. The van der Waals surface area contributed by atoms with E-state index in [9.17, 15) is 14.7 Å². The Kier molecular flexibility index (Phi) is 7.09. The van der Waals surface area contributed by atoms with E-state index in [-0.39, 0.29) is 30.0 Å². The van der Waals surface area contributed by atoms with Crippen molar-refractivity contribution in [1.82, 2.24) is 4.90 Å². The van der Waals surface area contributed by atoms with Gasteiger partial charge < -0.3 is 24.8 Å². The summed E-state index contributed by atoms with van der Waals surface area (Å²) in [4.78, 5) is 26.4. The van der Waals surface area contributed by atoms with Crippen LogP contribution in [-0.2, 0) is 18.0 Å². The van der Waals surface area contributed by atoms with Gasteiger partial charge in [0.15, 0.2) is 0 Å². The Morgan fingerprint density at radius 3 is 2.33 bits per heavy atom. The lowest BCUT2D eigenvalue weighted by atomic mass is 10.1. The molecule has 0 spiro atoms. The molecule has 0 radical (unpaired) electrons. The molecule has 3 aromatic rings. The number of carbonyl (C=O) groups is 2. The molecule has 0 saturated carbocycles. The minimum Gasteiger partial charge on any atom is -0.506 e. The molecule has 0 atom stereocenters. The number of phenolic OH excluding ortho intramolecular Hbond substituents is 1. The van der Waals surface area contributed by atoms with Crippen molar-refractivity contribution in [3.8, 4) is 11.5 Å². The highest BCUT2D eigenvalue weighted by Crippen LogP contribution is 2.26. The maximum Gasteiger partial charge on any atom is 0.410 e. The van der Waals surface area contributed by atoms with E-state index in [0.29, 0.717) is 36.6 Å². The fourth-order valence-corrected chi connectivity index (χ4v) is 3.55. The number of anilines is 1. The summed E-state index contributed by atoms with van der Waals surface area (Å²) in [6.07, 6.45) is 1.63. The SMILES string of the molecule is O=C(Nc1cc(COC(=O)N2CCCC2)ccc1O)c1ccc(OCc2ccccc2)cc1. The third-order valence-corrected chi connectivity index (χ3v) is 5.40. The fourth-order valence-electron chi connectivity index (χ4n) is 3.55. The molecule has 7 nitrogen and oxygen atoms in total. The molecule has 4 rings (SSSR count). The summed E-state index contributed by atoms with van der Waals surface area (Å²) < 4.78 is 11.1. The average molecular weight is 447 g/mol. The van der Waals surface area contributed by atoms with E-state index in [1.54, 1.807) is 41.3 Å². The number of nitrogens with zero attached hydrogens (tertiary/aromatic N) is 1. The van der Waals surface area contributed by atoms with Gasteiger partial charge in [-0.2, -0.15) is 0 Å². The second-order valence-electron chi connectivity index (χ2n) is 7.85. The number of amides is 2. The number of hydrogen-bond donors (Lipinski definition) is 2. The Bertz CT molecular complexity index is 1090. The molecule has 0 bridgehead atoms. The molecule has 2 amide bonds. The summed E-state index contributed by atoms with van der Waals surface area (Å²) in [5.74, 6) is 0.215. The first-order chi connectivity index (χ1) is 16.1. The Morgan fingerprint density at radius 2 is 1.61 bits per heavy atom. The third kappa shape index (κ3) is 6.04. The van der Waals surface area contributed by atoms with Crippen molar-refractivity contribution in [2.24, 2.45) is 0 Å². The molecule has 0 aromatic heterocycles. The van der Waals surface area contributed by atoms with E-state index in [1.807, 2.05) is 30.3 Å². The van der Waals surface area contributed by atoms with Gasteiger partial charge in [-0.05, 0) is 60.4 Å². The summed E-state index contributed by atoms with van der Waals surface area (Å²) in [5.41, 5.74) is 2.40. The molecule has 3 aromatic carbocycles. The van der Waals surface area contributed by atoms with E-state index in [0.717, 1.165) is 18.4 Å². The maximum absolute atomic E-state index is 12.7. The first-order valence-electron chi connectivity index (χ1n) is 10.9. The second-order valence-corrected chi connectivity index (χ2v) is 7.85. The van der Waals surface area contributed by atoms with Crippen molar-refractivity contribution >= 4 is 17.7 Å². The van der Waals surface area contributed by atoms with Crippen LogP contribution in [0.5, 0.6) is 11.5 Å². The number of carbonyl (C=O) groups excluding carboxylic acids is 2. The molecule has 2 N–H and O–H groups in total. The monoisotopic (exact) mass is 446 g/mol. The zero-order valence-electron chi connectivity index (χ0n) is 18.2. The smallest absolute Gasteiger partial charge is 0.410 e. The predicted octanol–water partition coefficient (Wildman–Crippen LogP) is 4.96. The molecule has 7 heteroatoms. The quantitative estimate of drug-likeness (QED) is 0.501. The Labute approximate surface area is 192 Å². The lowest BCUT2D eigenvalue weighted by Gasteiger charge is -2.15. The van der Waals surface area contributed by atoms with E-state index in [2.05, 4.69) is 5.32 Å². The van der Waals surface area contributed by atoms with E-state index in [1.165, 1.54) is 6.07 Å². The van der Waals surface area contributed by atoms with Gasteiger partial charge in [-0.3, -0.25) is 4.79 Å². The second kappa shape index (κ2) is 10.5. The van der Waals surface area contributed by atoms with Crippen LogP contribution in [0, 0.1) is 0 Å². The number of phenols is 1. The third-order valence-electron chi connectivity index (χ3n) is 5.40. The van der Waals surface area contributed by atoms with Crippen molar-refractivity contribution in [3.63, 3.8) is 0 Å². The summed E-state index contributed by atoms with van der Waals surface area (Å²) in [7, 11) is 0. The van der Waals surface area contributed by atoms with Crippen LogP contribution >= 0.6 is 0 Å². The molecule has 0 aliphatic carbocycles. The largest absolute Gasteiger partial charge is 0.506 e. The van der Waals surface area contributed by atoms with Gasteiger partial charge in [0.05, 0.1) is 5.69 Å². The first-order valence-corrected chi connectivity index (χ1v) is 10.9. The Hall–Kier alpha value is -4.00. The summed E-state index contributed by atoms with van der Waals surface area (Å²) in [5, 5.41) is 12.9. The van der Waals surface area contributed by atoms with Crippen LogP contribution in [0.3, 0.4) is 0 Å². The van der Waals surface area contributed by atoms with Gasteiger partial charge in [-0.25, -0.2) is 4.79 Å². The van der Waals surface area contributed by atoms with Crippen molar-refractivity contribution < 1.29 is 24.2 Å². The summed E-state index contributed by atoms with van der Waals surface area (Å²) in [6.45, 7) is 1.93. The fraction of sp³-hybridized carbons (Fsp3) is 0.231. The summed E-state index contributed by atoms with van der Waals surface area (Å²) >= 11 is 0. The van der Waals surface area contributed by atoms with Gasteiger partial charge in [0.2, 0.25) is 0 Å². The van der Waals surface area contributed by atoms with Crippen LogP contribution in [0.25, 0.3) is 0 Å². The number of benzene rings is 3. The molecule has 1 aliphatic rings. The standard InChI is InChI=1S/C26H26N2O5/c29-24-13-8-20(18-33-26(31)28-14-4-5-15-28)16-23(24)27-25(30)21-9-11-22(12-10-21)32-17-19-6-2-1-3-7-19/h1-3,6-13,16,29H,4-5,14-15,17-18H2,(H,27,30). The van der Waals surface area contributed by atoms with Gasteiger partial charge >= 0.3 is 6.09 Å².